The van der Waals surface area contributed by atoms with Crippen LogP contribution in [0, 0.1) is 20.8 Å². The van der Waals surface area contributed by atoms with Gasteiger partial charge in [-0.15, -0.1) is 0 Å². The second kappa shape index (κ2) is 4.96. The number of carboxylic acids is 1. The van der Waals surface area contributed by atoms with Gasteiger partial charge in [-0.05, 0) is 44.0 Å². The highest BCUT2D eigenvalue weighted by molar-refractivity contribution is 5.89. The fourth-order valence-electron chi connectivity index (χ4n) is 2.56. The molecule has 0 aliphatic carbocycles. The van der Waals surface area contributed by atoms with E-state index in [1.54, 1.807) is 7.11 Å². The highest BCUT2D eigenvalue weighted by Gasteiger charge is 2.14. The first-order chi connectivity index (χ1) is 8.95. The van der Waals surface area contributed by atoms with Gasteiger partial charge in [0.15, 0.2) is 0 Å². The number of aryl methyl sites for hydroxylation is 3. The number of carbonyl (C=O) groups is 1. The van der Waals surface area contributed by atoms with E-state index >= 15 is 0 Å². The Kier molecular flexibility index (Phi) is 3.51. The van der Waals surface area contributed by atoms with E-state index in [-0.39, 0.29) is 6.42 Å². The summed E-state index contributed by atoms with van der Waals surface area (Å²) in [6.07, 6.45) is 0.134. The van der Waals surface area contributed by atoms with Gasteiger partial charge in [0.2, 0.25) is 0 Å². The number of nitrogens with zero attached hydrogens (tertiary/aromatic N) is 1. The van der Waals surface area contributed by atoms with Crippen LogP contribution >= 0.6 is 0 Å². The van der Waals surface area contributed by atoms with Crippen molar-refractivity contribution in [3.05, 3.63) is 29.0 Å². The minimum Gasteiger partial charge on any atom is -0.497 e. The molecule has 4 nitrogen and oxygen atoms in total. The molecule has 1 N–H and O–H groups in total. The second-order valence-electron chi connectivity index (χ2n) is 4.85. The predicted octanol–water partition coefficient (Wildman–Crippen LogP) is 3.05. The van der Waals surface area contributed by atoms with E-state index in [0.717, 1.165) is 27.9 Å². The van der Waals surface area contributed by atoms with Crippen molar-refractivity contribution in [3.63, 3.8) is 0 Å². The first-order valence-electron chi connectivity index (χ1n) is 6.31. The molecule has 0 unspecified atom stereocenters. The van der Waals surface area contributed by atoms with Crippen LogP contribution in [0.5, 0.6) is 5.75 Å². The maximum absolute atomic E-state index is 10.8. The van der Waals surface area contributed by atoms with Crippen LogP contribution in [0.2, 0.25) is 0 Å². The molecule has 4 heteroatoms. The Morgan fingerprint density at radius 3 is 2.58 bits per heavy atom. The molecule has 0 radical (unpaired) electrons. The number of benzene rings is 1. The van der Waals surface area contributed by atoms with Gasteiger partial charge in [0, 0.05) is 17.6 Å². The molecule has 0 saturated carbocycles. The molecule has 0 atom stereocenters. The van der Waals surface area contributed by atoms with Crippen LogP contribution in [0.25, 0.3) is 10.9 Å². The lowest BCUT2D eigenvalue weighted by Crippen LogP contribution is -2.06. The number of aliphatic carboxylic acids is 1. The molecule has 102 valence electrons. The van der Waals surface area contributed by atoms with Gasteiger partial charge in [0.05, 0.1) is 19.0 Å². The summed E-state index contributed by atoms with van der Waals surface area (Å²) in [6.45, 7) is 6.62. The lowest BCUT2D eigenvalue weighted by atomic mass is 10.1. The standard InChI is InChI=1S/C15H19NO3/c1-9-7-12(19-4)8-13-10(2)11(3)16(15(9)13)6-5-14(17)18/h7-8H,5-6H2,1-4H3,(H,17,18). The summed E-state index contributed by atoms with van der Waals surface area (Å²) >= 11 is 0. The number of rotatable bonds is 4. The summed E-state index contributed by atoms with van der Waals surface area (Å²) in [5, 5.41) is 10.0. The number of aromatic nitrogens is 1. The molecule has 1 aromatic heterocycles. The quantitative estimate of drug-likeness (QED) is 0.920. The molecule has 19 heavy (non-hydrogen) atoms. The Morgan fingerprint density at radius 2 is 2.00 bits per heavy atom. The number of methoxy groups -OCH3 is 1. The normalized spacial score (nSPS) is 10.9. The highest BCUT2D eigenvalue weighted by atomic mass is 16.5. The summed E-state index contributed by atoms with van der Waals surface area (Å²) < 4.78 is 7.39. The van der Waals surface area contributed by atoms with E-state index in [1.807, 2.05) is 26.0 Å². The third-order valence-corrected chi connectivity index (χ3v) is 3.68. The number of fused-ring (bicyclic) bond motifs is 1. The average Bonchev–Trinajstić information content (AvgIpc) is 2.61. The molecule has 2 rings (SSSR count). The van der Waals surface area contributed by atoms with Crippen molar-refractivity contribution in [1.82, 2.24) is 4.57 Å². The topological polar surface area (TPSA) is 51.5 Å². The average molecular weight is 261 g/mol. The lowest BCUT2D eigenvalue weighted by Gasteiger charge is -2.09. The SMILES string of the molecule is COc1cc(C)c2c(c1)c(C)c(C)n2CCC(=O)O. The van der Waals surface area contributed by atoms with Gasteiger partial charge in [-0.2, -0.15) is 0 Å². The van der Waals surface area contributed by atoms with Gasteiger partial charge in [0.25, 0.3) is 0 Å². The van der Waals surface area contributed by atoms with Gasteiger partial charge in [-0.3, -0.25) is 4.79 Å². The van der Waals surface area contributed by atoms with E-state index in [9.17, 15) is 4.79 Å². The molecule has 2 aromatic rings. The predicted molar refractivity (Wildman–Crippen MR) is 75.0 cm³/mol. The fraction of sp³-hybridized carbons (Fsp3) is 0.400. The maximum atomic E-state index is 10.8. The summed E-state index contributed by atoms with van der Waals surface area (Å²) in [4.78, 5) is 10.8. The Morgan fingerprint density at radius 1 is 1.32 bits per heavy atom. The number of hydrogen-bond donors (Lipinski definition) is 1. The van der Waals surface area contributed by atoms with Gasteiger partial charge < -0.3 is 14.4 Å². The molecular formula is C15H19NO3. The maximum Gasteiger partial charge on any atom is 0.305 e. The summed E-state index contributed by atoms with van der Waals surface area (Å²) in [5.74, 6) is 0.0635. The van der Waals surface area contributed by atoms with Gasteiger partial charge in [-0.1, -0.05) is 0 Å². The van der Waals surface area contributed by atoms with Crippen molar-refractivity contribution >= 4 is 16.9 Å². The Labute approximate surface area is 112 Å². The van der Waals surface area contributed by atoms with Crippen LogP contribution in [0.3, 0.4) is 0 Å². The van der Waals surface area contributed by atoms with E-state index in [0.29, 0.717) is 6.54 Å². The Balaban J connectivity index is 2.64. The summed E-state index contributed by atoms with van der Waals surface area (Å²) in [5.41, 5.74) is 4.52. The van der Waals surface area contributed by atoms with Crippen molar-refractivity contribution in [2.75, 3.05) is 7.11 Å². The molecule has 0 aliphatic heterocycles. The second-order valence-corrected chi connectivity index (χ2v) is 4.85. The lowest BCUT2D eigenvalue weighted by molar-refractivity contribution is -0.137. The van der Waals surface area contributed by atoms with E-state index in [1.165, 1.54) is 5.56 Å². The van der Waals surface area contributed by atoms with Gasteiger partial charge in [0.1, 0.15) is 5.75 Å². The largest absolute Gasteiger partial charge is 0.497 e. The minimum absolute atomic E-state index is 0.134. The van der Waals surface area contributed by atoms with Crippen molar-refractivity contribution < 1.29 is 14.6 Å². The highest BCUT2D eigenvalue weighted by Crippen LogP contribution is 2.31. The van der Waals surface area contributed by atoms with E-state index in [4.69, 9.17) is 9.84 Å². The smallest absolute Gasteiger partial charge is 0.305 e. The zero-order chi connectivity index (χ0) is 14.2. The third-order valence-electron chi connectivity index (χ3n) is 3.68. The molecule has 0 fully saturated rings. The Bertz CT molecular complexity index is 641. The summed E-state index contributed by atoms with van der Waals surface area (Å²) in [6, 6.07) is 4.00. The number of hydrogen-bond acceptors (Lipinski definition) is 2. The van der Waals surface area contributed by atoms with Crippen LogP contribution in [-0.4, -0.2) is 22.8 Å². The number of ether oxygens (including phenoxy) is 1. The van der Waals surface area contributed by atoms with Crippen LogP contribution < -0.4 is 4.74 Å². The van der Waals surface area contributed by atoms with Crippen LogP contribution in [0.1, 0.15) is 23.2 Å². The fourth-order valence-corrected chi connectivity index (χ4v) is 2.56. The molecule has 0 bridgehead atoms. The zero-order valence-corrected chi connectivity index (χ0v) is 11.8. The monoisotopic (exact) mass is 261 g/mol. The molecule has 0 saturated heterocycles. The molecular weight excluding hydrogens is 242 g/mol. The van der Waals surface area contributed by atoms with Crippen molar-refractivity contribution in [2.24, 2.45) is 0 Å². The molecule has 0 spiro atoms. The van der Waals surface area contributed by atoms with Gasteiger partial charge in [-0.25, -0.2) is 0 Å². The van der Waals surface area contributed by atoms with E-state index < -0.39 is 5.97 Å². The van der Waals surface area contributed by atoms with Crippen LogP contribution in [0.15, 0.2) is 12.1 Å². The molecule has 1 aromatic carbocycles. The van der Waals surface area contributed by atoms with E-state index in [2.05, 4.69) is 11.5 Å². The zero-order valence-electron chi connectivity index (χ0n) is 11.8. The van der Waals surface area contributed by atoms with Crippen molar-refractivity contribution in [3.8, 4) is 5.75 Å². The number of carboxylic acid groups (broad SMARTS) is 1. The first-order valence-corrected chi connectivity index (χ1v) is 6.31. The van der Waals surface area contributed by atoms with Crippen LogP contribution in [-0.2, 0) is 11.3 Å². The third kappa shape index (κ3) is 2.30. The minimum atomic E-state index is -0.773. The summed E-state index contributed by atoms with van der Waals surface area (Å²) in [7, 11) is 1.66. The first kappa shape index (κ1) is 13.5. The molecule has 0 aliphatic rings. The Hall–Kier alpha value is -1.97. The molecule has 1 heterocycles. The molecule has 0 amide bonds. The van der Waals surface area contributed by atoms with Crippen molar-refractivity contribution in [1.29, 1.82) is 0 Å². The van der Waals surface area contributed by atoms with Gasteiger partial charge >= 0.3 is 5.97 Å². The van der Waals surface area contributed by atoms with Crippen molar-refractivity contribution in [2.45, 2.75) is 33.7 Å². The van der Waals surface area contributed by atoms with Crippen LogP contribution in [0.4, 0.5) is 0 Å².